The van der Waals surface area contributed by atoms with E-state index in [0.717, 1.165) is 15.2 Å². The van der Waals surface area contributed by atoms with E-state index < -0.39 is 5.97 Å². The molecule has 1 fully saturated rings. The van der Waals surface area contributed by atoms with Crippen molar-refractivity contribution >= 4 is 39.3 Å². The predicted octanol–water partition coefficient (Wildman–Crippen LogP) is 3.05. The highest BCUT2D eigenvalue weighted by molar-refractivity contribution is 8.00. The van der Waals surface area contributed by atoms with Crippen molar-refractivity contribution in [2.24, 2.45) is 0 Å². The van der Waals surface area contributed by atoms with E-state index in [9.17, 15) is 4.79 Å². The second-order valence-electron chi connectivity index (χ2n) is 4.39. The first-order valence-corrected chi connectivity index (χ1v) is 7.55. The average Bonchev–Trinajstić information content (AvgIpc) is 3.09. The third-order valence-electron chi connectivity index (χ3n) is 2.99. The van der Waals surface area contributed by atoms with Gasteiger partial charge in [0.1, 0.15) is 16.2 Å². The molecular weight excluding hydrogens is 268 g/mol. The zero-order valence-electron chi connectivity index (χ0n) is 9.84. The van der Waals surface area contributed by atoms with Crippen LogP contribution in [0, 0.1) is 6.92 Å². The molecule has 0 aromatic carbocycles. The summed E-state index contributed by atoms with van der Waals surface area (Å²) in [4.78, 5) is 21.5. The number of rotatable bonds is 4. The standard InChI is InChI=1S/C12H12N2O2S2/c1-6-9(7-2-3-7)10-11(17-4-8(15)16)13-5-14-12(10)18-6/h5,7H,2-4H2,1H3,(H,15,16). The van der Waals surface area contributed by atoms with Crippen LogP contribution in [0.2, 0.25) is 0 Å². The van der Waals surface area contributed by atoms with E-state index in [2.05, 4.69) is 16.9 Å². The first-order chi connectivity index (χ1) is 8.66. The molecule has 0 saturated heterocycles. The van der Waals surface area contributed by atoms with Crippen LogP contribution in [-0.2, 0) is 4.79 Å². The van der Waals surface area contributed by atoms with E-state index in [-0.39, 0.29) is 5.75 Å². The Morgan fingerprint density at radius 3 is 3.00 bits per heavy atom. The second-order valence-corrected chi connectivity index (χ2v) is 6.55. The minimum Gasteiger partial charge on any atom is -0.481 e. The van der Waals surface area contributed by atoms with Crippen LogP contribution >= 0.6 is 23.1 Å². The molecule has 1 aliphatic carbocycles. The summed E-state index contributed by atoms with van der Waals surface area (Å²) in [5.41, 5.74) is 1.35. The van der Waals surface area contributed by atoms with Crippen molar-refractivity contribution in [2.45, 2.75) is 30.7 Å². The number of nitrogens with zero attached hydrogens (tertiary/aromatic N) is 2. The van der Waals surface area contributed by atoms with E-state index in [1.165, 1.54) is 41.4 Å². The molecule has 94 valence electrons. The third kappa shape index (κ3) is 2.10. The molecule has 6 heteroatoms. The number of hydrogen-bond acceptors (Lipinski definition) is 5. The third-order valence-corrected chi connectivity index (χ3v) is 5.00. The van der Waals surface area contributed by atoms with E-state index >= 15 is 0 Å². The second kappa shape index (κ2) is 4.51. The molecule has 0 unspecified atom stereocenters. The van der Waals surface area contributed by atoms with Gasteiger partial charge in [-0.15, -0.1) is 11.3 Å². The van der Waals surface area contributed by atoms with Crippen LogP contribution < -0.4 is 0 Å². The van der Waals surface area contributed by atoms with Crippen molar-refractivity contribution in [3.05, 3.63) is 16.8 Å². The van der Waals surface area contributed by atoms with Gasteiger partial charge in [-0.3, -0.25) is 4.79 Å². The molecule has 0 amide bonds. The number of carbonyl (C=O) groups is 1. The Bertz CT molecular complexity index is 620. The molecule has 0 aliphatic heterocycles. The minimum absolute atomic E-state index is 0.0467. The van der Waals surface area contributed by atoms with Crippen LogP contribution in [-0.4, -0.2) is 26.8 Å². The highest BCUT2D eigenvalue weighted by Crippen LogP contribution is 2.48. The molecule has 18 heavy (non-hydrogen) atoms. The van der Waals surface area contributed by atoms with E-state index in [1.54, 1.807) is 11.3 Å². The Morgan fingerprint density at radius 2 is 2.33 bits per heavy atom. The number of aliphatic carboxylic acids is 1. The Kier molecular flexibility index (Phi) is 2.99. The summed E-state index contributed by atoms with van der Waals surface area (Å²) >= 11 is 2.97. The maximum atomic E-state index is 10.7. The molecule has 0 bridgehead atoms. The molecule has 3 rings (SSSR count). The van der Waals surface area contributed by atoms with Crippen molar-refractivity contribution in [1.29, 1.82) is 0 Å². The fourth-order valence-electron chi connectivity index (χ4n) is 2.14. The zero-order chi connectivity index (χ0) is 12.7. The molecule has 2 aromatic heterocycles. The first kappa shape index (κ1) is 11.9. The Morgan fingerprint density at radius 1 is 1.56 bits per heavy atom. The lowest BCUT2D eigenvalue weighted by Gasteiger charge is -2.03. The summed E-state index contributed by atoms with van der Waals surface area (Å²) < 4.78 is 0. The van der Waals surface area contributed by atoms with Gasteiger partial charge in [-0.1, -0.05) is 11.8 Å². The smallest absolute Gasteiger partial charge is 0.313 e. The number of fused-ring (bicyclic) bond motifs is 1. The summed E-state index contributed by atoms with van der Waals surface area (Å²) in [5.74, 6) is -0.133. The summed E-state index contributed by atoms with van der Waals surface area (Å²) in [5, 5.41) is 10.7. The quantitative estimate of drug-likeness (QED) is 0.689. The highest BCUT2D eigenvalue weighted by atomic mass is 32.2. The number of aryl methyl sites for hydroxylation is 1. The van der Waals surface area contributed by atoms with Gasteiger partial charge < -0.3 is 5.11 Å². The topological polar surface area (TPSA) is 63.1 Å². The SMILES string of the molecule is Cc1sc2ncnc(SCC(=O)O)c2c1C1CC1. The first-order valence-electron chi connectivity index (χ1n) is 5.75. The molecular formula is C12H12N2O2S2. The normalized spacial score (nSPS) is 15.2. The number of carboxylic acid groups (broad SMARTS) is 1. The molecule has 0 atom stereocenters. The van der Waals surface area contributed by atoms with Crippen molar-refractivity contribution < 1.29 is 9.90 Å². The summed E-state index contributed by atoms with van der Waals surface area (Å²) in [6.07, 6.45) is 3.98. The number of thiophene rings is 1. The van der Waals surface area contributed by atoms with Crippen LogP contribution in [0.15, 0.2) is 11.4 Å². The van der Waals surface area contributed by atoms with E-state index in [0.29, 0.717) is 5.92 Å². The van der Waals surface area contributed by atoms with Gasteiger partial charge in [0, 0.05) is 10.3 Å². The van der Waals surface area contributed by atoms with Crippen molar-refractivity contribution in [1.82, 2.24) is 9.97 Å². The van der Waals surface area contributed by atoms with Gasteiger partial charge in [0.15, 0.2) is 0 Å². The summed E-state index contributed by atoms with van der Waals surface area (Å²) in [6.45, 7) is 2.12. The van der Waals surface area contributed by atoms with Crippen LogP contribution in [0.25, 0.3) is 10.2 Å². The summed E-state index contributed by atoms with van der Waals surface area (Å²) in [6, 6.07) is 0. The van der Waals surface area contributed by atoms with Crippen LogP contribution in [0.3, 0.4) is 0 Å². The minimum atomic E-state index is -0.813. The fourth-order valence-corrected chi connectivity index (χ4v) is 4.02. The van der Waals surface area contributed by atoms with Crippen molar-refractivity contribution in [3.63, 3.8) is 0 Å². The Labute approximate surface area is 112 Å². The molecule has 1 N–H and O–H groups in total. The molecule has 1 saturated carbocycles. The maximum absolute atomic E-state index is 10.7. The monoisotopic (exact) mass is 280 g/mol. The van der Waals surface area contributed by atoms with Gasteiger partial charge in [0.25, 0.3) is 0 Å². The molecule has 0 radical (unpaired) electrons. The van der Waals surface area contributed by atoms with Gasteiger partial charge in [-0.25, -0.2) is 9.97 Å². The summed E-state index contributed by atoms with van der Waals surface area (Å²) in [7, 11) is 0. The van der Waals surface area contributed by atoms with Crippen LogP contribution in [0.5, 0.6) is 0 Å². The van der Waals surface area contributed by atoms with Crippen molar-refractivity contribution in [3.8, 4) is 0 Å². The Balaban J connectivity index is 2.09. The maximum Gasteiger partial charge on any atom is 0.313 e. The van der Waals surface area contributed by atoms with Crippen LogP contribution in [0.1, 0.15) is 29.2 Å². The lowest BCUT2D eigenvalue weighted by Crippen LogP contribution is -1.98. The average molecular weight is 280 g/mol. The number of hydrogen-bond donors (Lipinski definition) is 1. The molecule has 2 aromatic rings. The molecule has 0 spiro atoms. The predicted molar refractivity (Wildman–Crippen MR) is 72.5 cm³/mol. The zero-order valence-corrected chi connectivity index (χ0v) is 11.5. The van der Waals surface area contributed by atoms with E-state index in [4.69, 9.17) is 5.11 Å². The van der Waals surface area contributed by atoms with Gasteiger partial charge in [-0.05, 0) is 31.2 Å². The molecule has 4 nitrogen and oxygen atoms in total. The lowest BCUT2D eigenvalue weighted by atomic mass is 10.1. The fraction of sp³-hybridized carbons (Fsp3) is 0.417. The van der Waals surface area contributed by atoms with Crippen molar-refractivity contribution in [2.75, 3.05) is 5.75 Å². The number of aromatic nitrogens is 2. The lowest BCUT2D eigenvalue weighted by molar-refractivity contribution is -0.133. The molecule has 1 aliphatic rings. The van der Waals surface area contributed by atoms with Gasteiger partial charge in [0.05, 0.1) is 5.75 Å². The molecule has 2 heterocycles. The highest BCUT2D eigenvalue weighted by Gasteiger charge is 2.30. The van der Waals surface area contributed by atoms with Gasteiger partial charge in [0.2, 0.25) is 0 Å². The number of carboxylic acids is 1. The Hall–Kier alpha value is -1.14. The van der Waals surface area contributed by atoms with Crippen LogP contribution in [0.4, 0.5) is 0 Å². The number of thioether (sulfide) groups is 1. The largest absolute Gasteiger partial charge is 0.481 e. The van der Waals surface area contributed by atoms with Gasteiger partial charge in [-0.2, -0.15) is 0 Å². The van der Waals surface area contributed by atoms with E-state index in [1.807, 2.05) is 0 Å². The van der Waals surface area contributed by atoms with Gasteiger partial charge >= 0.3 is 5.97 Å².